The maximum Gasteiger partial charge on any atom is 0.220 e. The van der Waals surface area contributed by atoms with Gasteiger partial charge >= 0.3 is 0 Å². The first-order valence-corrected chi connectivity index (χ1v) is 7.43. The van der Waals surface area contributed by atoms with Crippen LogP contribution >= 0.6 is 0 Å². The lowest BCUT2D eigenvalue weighted by molar-refractivity contribution is -0.122. The number of carbonyl (C=O) groups is 1. The van der Waals surface area contributed by atoms with Gasteiger partial charge in [-0.25, -0.2) is 0 Å². The summed E-state index contributed by atoms with van der Waals surface area (Å²) in [5.74, 6) is 0.554. The topological polar surface area (TPSA) is 56.2 Å². The van der Waals surface area contributed by atoms with Gasteiger partial charge in [0.05, 0.1) is 5.69 Å². The molecule has 1 saturated heterocycles. The van der Waals surface area contributed by atoms with Crippen LogP contribution in [0.25, 0.3) is 0 Å². The molecule has 5 nitrogen and oxygen atoms in total. The number of nitrogens with zero attached hydrogens (tertiary/aromatic N) is 2. The molecular weight excluding hydrogens is 254 g/mol. The Morgan fingerprint density at radius 1 is 1.45 bits per heavy atom. The molecule has 2 rings (SSSR count). The zero-order chi connectivity index (χ0) is 14.5. The third-order valence-corrected chi connectivity index (χ3v) is 4.11. The molecule has 0 radical (unpaired) electrons. The Hall–Kier alpha value is -1.36. The first kappa shape index (κ1) is 15.0. The van der Waals surface area contributed by atoms with Crippen molar-refractivity contribution in [1.29, 1.82) is 0 Å². The number of ether oxygens (including phenoxy) is 1. The molecule has 1 amide bonds. The van der Waals surface area contributed by atoms with Crippen molar-refractivity contribution in [2.45, 2.75) is 46.6 Å². The molecule has 1 aliphatic heterocycles. The van der Waals surface area contributed by atoms with Gasteiger partial charge in [-0.1, -0.05) is 0 Å². The summed E-state index contributed by atoms with van der Waals surface area (Å²) < 4.78 is 7.31. The van der Waals surface area contributed by atoms with E-state index in [1.807, 2.05) is 11.6 Å². The first-order valence-electron chi connectivity index (χ1n) is 7.43. The summed E-state index contributed by atoms with van der Waals surface area (Å²) in [6, 6.07) is 0. The maximum absolute atomic E-state index is 11.7. The van der Waals surface area contributed by atoms with Gasteiger partial charge in [-0.15, -0.1) is 0 Å². The Morgan fingerprint density at radius 3 is 2.85 bits per heavy atom. The second kappa shape index (κ2) is 6.88. The van der Waals surface area contributed by atoms with Gasteiger partial charge in [-0.2, -0.15) is 5.10 Å². The minimum absolute atomic E-state index is 0.144. The Morgan fingerprint density at radius 2 is 2.25 bits per heavy atom. The smallest absolute Gasteiger partial charge is 0.220 e. The SMILES string of the molecule is Cc1nn(CCCNC(=O)C[C@@H]2CCOC2)c(C)c1C. The van der Waals surface area contributed by atoms with Crippen LogP contribution in [0.5, 0.6) is 0 Å². The molecular formula is C15H25N3O2. The van der Waals surface area contributed by atoms with Crippen LogP contribution in [-0.4, -0.2) is 35.4 Å². The number of carbonyl (C=O) groups excluding carboxylic acids is 1. The summed E-state index contributed by atoms with van der Waals surface area (Å²) in [4.78, 5) is 11.7. The van der Waals surface area contributed by atoms with Gasteiger partial charge in [-0.3, -0.25) is 9.48 Å². The number of aromatic nitrogens is 2. The molecule has 0 unspecified atom stereocenters. The Balaban J connectivity index is 1.65. The standard InChI is InChI=1S/C15H25N3O2/c1-11-12(2)17-18(13(11)3)7-4-6-16-15(19)9-14-5-8-20-10-14/h14H,4-10H2,1-3H3,(H,16,19)/t14-/m0/s1. The van der Waals surface area contributed by atoms with E-state index in [1.54, 1.807) is 0 Å². The zero-order valence-corrected chi connectivity index (χ0v) is 12.7. The Labute approximate surface area is 120 Å². The molecule has 0 aromatic carbocycles. The predicted octanol–water partition coefficient (Wildman–Crippen LogP) is 1.74. The van der Waals surface area contributed by atoms with Crippen LogP contribution in [0.4, 0.5) is 0 Å². The van der Waals surface area contributed by atoms with E-state index < -0.39 is 0 Å². The third-order valence-electron chi connectivity index (χ3n) is 4.11. The molecule has 0 bridgehead atoms. The van der Waals surface area contributed by atoms with Crippen molar-refractivity contribution in [3.8, 4) is 0 Å². The highest BCUT2D eigenvalue weighted by atomic mass is 16.5. The first-order chi connectivity index (χ1) is 9.58. The molecule has 1 fully saturated rings. The maximum atomic E-state index is 11.7. The van der Waals surface area contributed by atoms with Gasteiger partial charge in [0.15, 0.2) is 0 Å². The number of aryl methyl sites for hydroxylation is 2. The summed E-state index contributed by atoms with van der Waals surface area (Å²) >= 11 is 0. The fraction of sp³-hybridized carbons (Fsp3) is 0.733. The summed E-state index contributed by atoms with van der Waals surface area (Å²) in [7, 11) is 0. The predicted molar refractivity (Wildman–Crippen MR) is 77.6 cm³/mol. The van der Waals surface area contributed by atoms with E-state index in [0.29, 0.717) is 18.9 Å². The van der Waals surface area contributed by atoms with Gasteiger partial charge < -0.3 is 10.1 Å². The fourth-order valence-corrected chi connectivity index (χ4v) is 2.54. The molecule has 2 heterocycles. The highest BCUT2D eigenvalue weighted by molar-refractivity contribution is 5.76. The molecule has 1 N–H and O–H groups in total. The van der Waals surface area contributed by atoms with Crippen molar-refractivity contribution in [1.82, 2.24) is 15.1 Å². The van der Waals surface area contributed by atoms with Gasteiger partial charge in [0.1, 0.15) is 0 Å². The fourth-order valence-electron chi connectivity index (χ4n) is 2.54. The van der Waals surface area contributed by atoms with Crippen LogP contribution in [0, 0.1) is 26.7 Å². The van der Waals surface area contributed by atoms with Crippen LogP contribution in [0.15, 0.2) is 0 Å². The van der Waals surface area contributed by atoms with E-state index in [0.717, 1.165) is 38.3 Å². The molecule has 1 aromatic heterocycles. The van der Waals surface area contributed by atoms with Crippen molar-refractivity contribution < 1.29 is 9.53 Å². The summed E-state index contributed by atoms with van der Waals surface area (Å²) in [6.07, 6.45) is 2.52. The Bertz CT molecular complexity index is 462. The van der Waals surface area contributed by atoms with Crippen molar-refractivity contribution in [2.24, 2.45) is 5.92 Å². The molecule has 0 saturated carbocycles. The number of nitrogens with one attached hydrogen (secondary N) is 1. The largest absolute Gasteiger partial charge is 0.381 e. The van der Waals surface area contributed by atoms with Crippen LogP contribution in [0.3, 0.4) is 0 Å². The van der Waals surface area contributed by atoms with E-state index in [-0.39, 0.29) is 5.91 Å². The highest BCUT2D eigenvalue weighted by Crippen LogP contribution is 2.15. The van der Waals surface area contributed by atoms with E-state index in [9.17, 15) is 4.79 Å². The van der Waals surface area contributed by atoms with E-state index in [4.69, 9.17) is 4.74 Å². The van der Waals surface area contributed by atoms with E-state index in [2.05, 4.69) is 24.3 Å². The van der Waals surface area contributed by atoms with Gasteiger partial charge in [0.25, 0.3) is 0 Å². The average Bonchev–Trinajstić information content (AvgIpc) is 3.00. The van der Waals surface area contributed by atoms with Crippen LogP contribution in [-0.2, 0) is 16.1 Å². The number of rotatable bonds is 6. The van der Waals surface area contributed by atoms with Crippen molar-refractivity contribution >= 4 is 5.91 Å². The molecule has 112 valence electrons. The molecule has 5 heteroatoms. The van der Waals surface area contributed by atoms with Crippen molar-refractivity contribution in [3.05, 3.63) is 17.0 Å². The lowest BCUT2D eigenvalue weighted by Gasteiger charge is -2.09. The minimum Gasteiger partial charge on any atom is -0.381 e. The number of amides is 1. The van der Waals surface area contributed by atoms with Gasteiger partial charge in [-0.05, 0) is 45.1 Å². The lowest BCUT2D eigenvalue weighted by Crippen LogP contribution is -2.27. The zero-order valence-electron chi connectivity index (χ0n) is 12.7. The van der Waals surface area contributed by atoms with E-state index >= 15 is 0 Å². The molecule has 1 aliphatic rings. The number of hydrogen-bond donors (Lipinski definition) is 1. The number of hydrogen-bond acceptors (Lipinski definition) is 3. The third kappa shape index (κ3) is 3.82. The summed E-state index contributed by atoms with van der Waals surface area (Å²) in [6.45, 7) is 9.32. The minimum atomic E-state index is 0.144. The van der Waals surface area contributed by atoms with E-state index in [1.165, 1.54) is 11.3 Å². The summed E-state index contributed by atoms with van der Waals surface area (Å²) in [5.41, 5.74) is 3.57. The van der Waals surface area contributed by atoms with Gasteiger partial charge in [0, 0.05) is 38.4 Å². The molecule has 0 aliphatic carbocycles. The molecule has 20 heavy (non-hydrogen) atoms. The van der Waals surface area contributed by atoms with Crippen LogP contribution in [0.2, 0.25) is 0 Å². The van der Waals surface area contributed by atoms with Crippen molar-refractivity contribution in [2.75, 3.05) is 19.8 Å². The molecule has 1 atom stereocenters. The van der Waals surface area contributed by atoms with Crippen LogP contribution < -0.4 is 5.32 Å². The Kier molecular flexibility index (Phi) is 5.17. The molecule has 0 spiro atoms. The summed E-state index contributed by atoms with van der Waals surface area (Å²) in [5, 5.41) is 7.48. The van der Waals surface area contributed by atoms with Crippen molar-refractivity contribution in [3.63, 3.8) is 0 Å². The average molecular weight is 279 g/mol. The second-order valence-electron chi connectivity index (χ2n) is 5.66. The quantitative estimate of drug-likeness (QED) is 0.807. The monoisotopic (exact) mass is 279 g/mol. The normalized spacial score (nSPS) is 18.4. The van der Waals surface area contributed by atoms with Crippen LogP contribution in [0.1, 0.15) is 36.2 Å². The highest BCUT2D eigenvalue weighted by Gasteiger charge is 2.18. The molecule has 1 aromatic rings. The lowest BCUT2D eigenvalue weighted by atomic mass is 10.1. The van der Waals surface area contributed by atoms with Gasteiger partial charge in [0.2, 0.25) is 5.91 Å². The second-order valence-corrected chi connectivity index (χ2v) is 5.66.